The fraction of sp³-hybridized carbons (Fsp3) is 0.364. The fourth-order valence-corrected chi connectivity index (χ4v) is 3.10. The van der Waals surface area contributed by atoms with Crippen LogP contribution < -0.4 is 10.6 Å². The van der Waals surface area contributed by atoms with E-state index in [0.29, 0.717) is 16.3 Å². The van der Waals surface area contributed by atoms with Crippen molar-refractivity contribution in [2.75, 3.05) is 30.3 Å². The van der Waals surface area contributed by atoms with Gasteiger partial charge in [0.25, 0.3) is 5.91 Å². The van der Waals surface area contributed by atoms with Crippen LogP contribution in [0.3, 0.4) is 0 Å². The average molecular weight is 402 g/mol. The molecule has 2 aromatic rings. The minimum absolute atomic E-state index is 0.00697. The van der Waals surface area contributed by atoms with Gasteiger partial charge in [0, 0.05) is 35.1 Å². The van der Waals surface area contributed by atoms with Gasteiger partial charge in [-0.05, 0) is 55.7 Å². The Morgan fingerprint density at radius 1 is 1.04 bits per heavy atom. The lowest BCUT2D eigenvalue weighted by molar-refractivity contribution is -0.114. The van der Waals surface area contributed by atoms with Gasteiger partial charge >= 0.3 is 0 Å². The molecule has 0 aromatic heterocycles. The van der Waals surface area contributed by atoms with Crippen molar-refractivity contribution in [3.63, 3.8) is 0 Å². The molecule has 0 unspecified atom stereocenters. The lowest BCUT2D eigenvalue weighted by Crippen LogP contribution is -2.32. The Balaban J connectivity index is 2.00. The summed E-state index contributed by atoms with van der Waals surface area (Å²) in [7, 11) is 0. The third kappa shape index (κ3) is 6.27. The third-order valence-electron chi connectivity index (χ3n) is 4.31. The molecule has 0 saturated carbocycles. The Kier molecular flexibility index (Phi) is 8.33. The van der Waals surface area contributed by atoms with Crippen molar-refractivity contribution in [1.82, 2.24) is 4.90 Å². The van der Waals surface area contributed by atoms with Crippen molar-refractivity contribution in [3.05, 3.63) is 58.6 Å². The molecule has 0 aliphatic carbocycles. The van der Waals surface area contributed by atoms with Gasteiger partial charge in [0.05, 0.1) is 6.54 Å². The first kappa shape index (κ1) is 21.8. The molecule has 0 atom stereocenters. The van der Waals surface area contributed by atoms with Gasteiger partial charge in [-0.25, -0.2) is 0 Å². The largest absolute Gasteiger partial charge is 0.376 e. The highest BCUT2D eigenvalue weighted by atomic mass is 35.5. The number of hydrogen-bond acceptors (Lipinski definition) is 3. The summed E-state index contributed by atoms with van der Waals surface area (Å²) in [5, 5.41) is 6.54. The summed E-state index contributed by atoms with van der Waals surface area (Å²) in [5.74, 6) is -0.199. The standard InChI is InChI=1S/C22H28ClN3O2/c1-4-11-26(12-5-2)22(28)17-7-6-8-19(13-17)25-21(27)15-24-20-14-18(23)10-9-16(20)3/h6-10,13-14,24H,4-5,11-12,15H2,1-3H3,(H,25,27). The number of benzene rings is 2. The van der Waals surface area contributed by atoms with E-state index in [0.717, 1.165) is 37.2 Å². The Labute approximate surface area is 172 Å². The predicted octanol–water partition coefficient (Wildman–Crippen LogP) is 4.96. The summed E-state index contributed by atoms with van der Waals surface area (Å²) < 4.78 is 0. The molecule has 6 heteroatoms. The van der Waals surface area contributed by atoms with Gasteiger partial charge in [-0.15, -0.1) is 0 Å². The van der Waals surface area contributed by atoms with Crippen LogP contribution in [0.1, 0.15) is 42.6 Å². The molecule has 0 aliphatic heterocycles. The van der Waals surface area contributed by atoms with E-state index in [-0.39, 0.29) is 18.4 Å². The monoisotopic (exact) mass is 401 g/mol. The number of rotatable bonds is 9. The number of amides is 2. The van der Waals surface area contributed by atoms with Gasteiger partial charge in [0.15, 0.2) is 0 Å². The predicted molar refractivity (Wildman–Crippen MR) is 116 cm³/mol. The SMILES string of the molecule is CCCN(CCC)C(=O)c1cccc(NC(=O)CNc2cc(Cl)ccc2C)c1. The van der Waals surface area contributed by atoms with Crippen LogP contribution in [0.4, 0.5) is 11.4 Å². The maximum atomic E-state index is 12.7. The summed E-state index contributed by atoms with van der Waals surface area (Å²) in [6.45, 7) is 7.63. The van der Waals surface area contributed by atoms with E-state index in [2.05, 4.69) is 24.5 Å². The number of halogens is 1. The molecular formula is C22H28ClN3O2. The first-order valence-electron chi connectivity index (χ1n) is 9.63. The summed E-state index contributed by atoms with van der Waals surface area (Å²) in [6.07, 6.45) is 1.83. The van der Waals surface area contributed by atoms with Crippen molar-refractivity contribution < 1.29 is 9.59 Å². The first-order chi connectivity index (χ1) is 13.4. The average Bonchev–Trinajstić information content (AvgIpc) is 2.68. The summed E-state index contributed by atoms with van der Waals surface area (Å²) in [5.41, 5.74) is 3.02. The van der Waals surface area contributed by atoms with Crippen LogP contribution in [-0.2, 0) is 4.79 Å². The third-order valence-corrected chi connectivity index (χ3v) is 4.54. The maximum Gasteiger partial charge on any atom is 0.253 e. The van der Waals surface area contributed by atoms with Crippen LogP contribution in [0, 0.1) is 6.92 Å². The van der Waals surface area contributed by atoms with Crippen LogP contribution in [0.15, 0.2) is 42.5 Å². The highest BCUT2D eigenvalue weighted by molar-refractivity contribution is 6.30. The van der Waals surface area contributed by atoms with Crippen LogP contribution in [0.25, 0.3) is 0 Å². The highest BCUT2D eigenvalue weighted by Crippen LogP contribution is 2.20. The second-order valence-corrected chi connectivity index (χ2v) is 7.17. The molecule has 0 heterocycles. The van der Waals surface area contributed by atoms with Gasteiger partial charge in [-0.2, -0.15) is 0 Å². The zero-order valence-corrected chi connectivity index (χ0v) is 17.5. The van der Waals surface area contributed by atoms with Crippen molar-refractivity contribution in [3.8, 4) is 0 Å². The number of hydrogen-bond donors (Lipinski definition) is 2. The number of nitrogens with one attached hydrogen (secondary N) is 2. The van der Waals surface area contributed by atoms with E-state index >= 15 is 0 Å². The van der Waals surface area contributed by atoms with Gasteiger partial charge < -0.3 is 15.5 Å². The molecule has 0 fully saturated rings. The van der Waals surface area contributed by atoms with Crippen molar-refractivity contribution in [2.45, 2.75) is 33.6 Å². The first-order valence-corrected chi connectivity index (χ1v) is 10.0. The Morgan fingerprint density at radius 2 is 1.75 bits per heavy atom. The Hall–Kier alpha value is -2.53. The Morgan fingerprint density at radius 3 is 2.43 bits per heavy atom. The van der Waals surface area contributed by atoms with E-state index in [4.69, 9.17) is 11.6 Å². The van der Waals surface area contributed by atoms with E-state index in [1.54, 1.807) is 30.3 Å². The van der Waals surface area contributed by atoms with Crippen LogP contribution in [-0.4, -0.2) is 36.3 Å². The second kappa shape index (κ2) is 10.7. The number of carbonyl (C=O) groups excluding carboxylic acids is 2. The molecule has 2 N–H and O–H groups in total. The Bertz CT molecular complexity index is 817. The second-order valence-electron chi connectivity index (χ2n) is 6.73. The topological polar surface area (TPSA) is 61.4 Å². The molecule has 5 nitrogen and oxygen atoms in total. The molecule has 0 aliphatic rings. The van der Waals surface area contributed by atoms with E-state index in [9.17, 15) is 9.59 Å². The molecule has 0 spiro atoms. The van der Waals surface area contributed by atoms with Gasteiger partial charge in [-0.3, -0.25) is 9.59 Å². The van der Waals surface area contributed by atoms with Crippen molar-refractivity contribution in [1.29, 1.82) is 0 Å². The molecule has 0 radical (unpaired) electrons. The van der Waals surface area contributed by atoms with Crippen LogP contribution >= 0.6 is 11.6 Å². The maximum absolute atomic E-state index is 12.7. The number of carbonyl (C=O) groups is 2. The molecule has 2 rings (SSSR count). The molecular weight excluding hydrogens is 374 g/mol. The minimum atomic E-state index is -0.192. The quantitative estimate of drug-likeness (QED) is 0.624. The van der Waals surface area contributed by atoms with E-state index < -0.39 is 0 Å². The zero-order valence-electron chi connectivity index (χ0n) is 16.7. The lowest BCUT2D eigenvalue weighted by atomic mass is 10.1. The minimum Gasteiger partial charge on any atom is -0.376 e. The molecule has 2 amide bonds. The molecule has 28 heavy (non-hydrogen) atoms. The summed E-state index contributed by atoms with van der Waals surface area (Å²) >= 11 is 6.00. The smallest absolute Gasteiger partial charge is 0.253 e. The number of nitrogens with zero attached hydrogens (tertiary/aromatic N) is 1. The normalized spacial score (nSPS) is 10.4. The molecule has 0 bridgehead atoms. The molecule has 0 saturated heterocycles. The van der Waals surface area contributed by atoms with E-state index in [1.807, 2.05) is 24.0 Å². The van der Waals surface area contributed by atoms with Crippen molar-refractivity contribution in [2.24, 2.45) is 0 Å². The number of aryl methyl sites for hydroxylation is 1. The zero-order chi connectivity index (χ0) is 20.5. The van der Waals surface area contributed by atoms with Gasteiger partial charge in [-0.1, -0.05) is 37.6 Å². The van der Waals surface area contributed by atoms with Crippen molar-refractivity contribution >= 4 is 34.8 Å². The van der Waals surface area contributed by atoms with Crippen LogP contribution in [0.5, 0.6) is 0 Å². The lowest BCUT2D eigenvalue weighted by Gasteiger charge is -2.21. The molecule has 150 valence electrons. The molecule has 2 aromatic carbocycles. The number of anilines is 2. The fourth-order valence-electron chi connectivity index (χ4n) is 2.93. The van der Waals surface area contributed by atoms with E-state index in [1.165, 1.54) is 0 Å². The van der Waals surface area contributed by atoms with Gasteiger partial charge in [0.2, 0.25) is 5.91 Å². The van der Waals surface area contributed by atoms with Crippen LogP contribution in [0.2, 0.25) is 5.02 Å². The highest BCUT2D eigenvalue weighted by Gasteiger charge is 2.15. The van der Waals surface area contributed by atoms with Gasteiger partial charge in [0.1, 0.15) is 0 Å². The summed E-state index contributed by atoms with van der Waals surface area (Å²) in [4.78, 5) is 26.9. The summed E-state index contributed by atoms with van der Waals surface area (Å²) in [6, 6.07) is 12.6.